The number of aromatic hydroxyl groups is 2. The zero-order chi connectivity index (χ0) is 20.8. The van der Waals surface area contributed by atoms with Crippen LogP contribution in [0.3, 0.4) is 0 Å². The first-order chi connectivity index (χ1) is 13.4. The van der Waals surface area contributed by atoms with Gasteiger partial charge in [0.2, 0.25) is 0 Å². The quantitative estimate of drug-likeness (QED) is 0.242. The van der Waals surface area contributed by atoms with Crippen LogP contribution in [0.25, 0.3) is 0 Å². The molecule has 0 unspecified atom stereocenters. The van der Waals surface area contributed by atoms with Gasteiger partial charge >= 0.3 is 26.2 Å². The molecule has 0 spiro atoms. The van der Waals surface area contributed by atoms with Gasteiger partial charge in [-0.2, -0.15) is 35.4 Å². The number of hydrogen-bond acceptors (Lipinski definition) is 2. The van der Waals surface area contributed by atoms with Crippen LogP contribution in [0.15, 0.2) is 97.1 Å². The molecular weight excluding hydrogens is 482 g/mol. The van der Waals surface area contributed by atoms with Gasteiger partial charge in [0.05, 0.1) is 10.0 Å². The topological polar surface area (TPSA) is 40.5 Å². The van der Waals surface area contributed by atoms with Crippen molar-refractivity contribution in [2.75, 3.05) is 0 Å². The fourth-order valence-electron chi connectivity index (χ4n) is 1.84. The first kappa shape index (κ1) is 27.2. The molecule has 0 aliphatic rings. The number of rotatable bonds is 0. The minimum absolute atomic E-state index is 0. The summed E-state index contributed by atoms with van der Waals surface area (Å²) >= 11 is 10.9. The third kappa shape index (κ3) is 13.1. The predicted molar refractivity (Wildman–Crippen MR) is 120 cm³/mol. The van der Waals surface area contributed by atoms with Crippen LogP contribution in [0.1, 0.15) is 11.1 Å². The fourth-order valence-corrected chi connectivity index (χ4v) is 2.12. The van der Waals surface area contributed by atoms with Crippen LogP contribution in [0, 0.1) is 13.8 Å². The Hall–Kier alpha value is -1.80. The average Bonchev–Trinajstić information content (AvgIpc) is 3.35. The van der Waals surface area contributed by atoms with Crippen LogP contribution in [0.5, 0.6) is 11.5 Å². The van der Waals surface area contributed by atoms with Gasteiger partial charge in [-0.3, -0.25) is 0 Å². The van der Waals surface area contributed by atoms with Crippen molar-refractivity contribution in [3.8, 4) is 11.5 Å². The van der Waals surface area contributed by atoms with E-state index in [2.05, 4.69) is 38.1 Å². The van der Waals surface area contributed by atoms with E-state index in [-0.39, 0.29) is 37.7 Å². The maximum absolute atomic E-state index is 8.79. The van der Waals surface area contributed by atoms with Crippen LogP contribution in [0.2, 0.25) is 10.0 Å². The molecule has 0 atom stereocenters. The monoisotopic (exact) mass is 504 g/mol. The van der Waals surface area contributed by atoms with Crippen molar-refractivity contribution in [1.29, 1.82) is 0 Å². The maximum Gasteiger partial charge on any atom is 2.00 e. The van der Waals surface area contributed by atoms with E-state index in [9.17, 15) is 0 Å². The van der Waals surface area contributed by atoms with E-state index in [1.54, 1.807) is 48.5 Å². The van der Waals surface area contributed by atoms with E-state index in [0.29, 0.717) is 10.0 Å². The molecule has 0 radical (unpaired) electrons. The summed E-state index contributed by atoms with van der Waals surface area (Å²) in [4.78, 5) is 0. The smallest absolute Gasteiger partial charge is 0.506 e. The van der Waals surface area contributed by atoms with Gasteiger partial charge in [-0.1, -0.05) is 61.3 Å². The Morgan fingerprint density at radius 1 is 0.552 bits per heavy atom. The number of halogens is 2. The molecule has 0 fully saturated rings. The molecule has 4 aromatic carbocycles. The van der Waals surface area contributed by atoms with Gasteiger partial charge in [-0.15, -0.1) is 0 Å². The Morgan fingerprint density at radius 2 is 0.828 bits per heavy atom. The Balaban J connectivity index is 0.000000359. The third-order valence-corrected chi connectivity index (χ3v) is 4.00. The van der Waals surface area contributed by atoms with Crippen molar-refractivity contribution < 1.29 is 36.4 Å². The second-order valence-corrected chi connectivity index (χ2v) is 6.64. The summed E-state index contributed by atoms with van der Waals surface area (Å²) in [5.74, 6) is 0.267. The van der Waals surface area contributed by atoms with E-state index < -0.39 is 0 Å². The SMILES string of the molecule is C[c-]1cccc1.C[c-]1cccc1.Oc1ccccc1Cl.Oc1ccccc1Cl.[Zr+2]. The standard InChI is InChI=1S/2C6H5ClO.2C6H7.Zr/c2*7-5-3-1-2-4-6(5)8;2*1-6-4-2-3-5-6;/h2*1-4,8H;2*2-5H,1H3;/q;;2*-1;+2. The molecule has 0 amide bonds. The summed E-state index contributed by atoms with van der Waals surface area (Å²) in [6.45, 7) is 4.17. The second kappa shape index (κ2) is 16.0. The van der Waals surface area contributed by atoms with Gasteiger partial charge in [-0.25, -0.2) is 24.3 Å². The molecule has 0 aromatic heterocycles. The van der Waals surface area contributed by atoms with Crippen LogP contribution in [-0.2, 0) is 26.2 Å². The van der Waals surface area contributed by atoms with E-state index >= 15 is 0 Å². The van der Waals surface area contributed by atoms with Gasteiger partial charge in [0.1, 0.15) is 11.5 Å². The Morgan fingerprint density at radius 3 is 0.966 bits per heavy atom. The number of para-hydroxylation sites is 2. The number of phenols is 2. The number of benzene rings is 2. The van der Waals surface area contributed by atoms with Crippen LogP contribution >= 0.6 is 23.2 Å². The molecule has 29 heavy (non-hydrogen) atoms. The minimum Gasteiger partial charge on any atom is -0.506 e. The van der Waals surface area contributed by atoms with Crippen molar-refractivity contribution in [3.63, 3.8) is 0 Å². The Labute approximate surface area is 202 Å². The van der Waals surface area contributed by atoms with E-state index in [0.717, 1.165) is 0 Å². The van der Waals surface area contributed by atoms with Crippen LogP contribution < -0.4 is 0 Å². The first-order valence-corrected chi connectivity index (χ1v) is 9.39. The molecule has 4 rings (SSSR count). The van der Waals surface area contributed by atoms with Gasteiger partial charge in [0.25, 0.3) is 0 Å². The zero-order valence-electron chi connectivity index (χ0n) is 16.4. The summed E-state index contributed by atoms with van der Waals surface area (Å²) in [6, 6.07) is 29.8. The van der Waals surface area contributed by atoms with E-state index in [1.807, 2.05) is 24.3 Å². The van der Waals surface area contributed by atoms with Crippen LogP contribution in [0.4, 0.5) is 0 Å². The average molecular weight is 507 g/mol. The normalized spacial score (nSPS) is 8.69. The molecular formula is C24H24Cl2O2Zr. The predicted octanol–water partition coefficient (Wildman–Crippen LogP) is 7.52. The van der Waals surface area contributed by atoms with Gasteiger partial charge < -0.3 is 10.2 Å². The largest absolute Gasteiger partial charge is 2.00 e. The summed E-state index contributed by atoms with van der Waals surface area (Å²) in [5, 5.41) is 18.4. The summed E-state index contributed by atoms with van der Waals surface area (Å²) in [5.41, 5.74) is 2.69. The molecule has 0 saturated heterocycles. The maximum atomic E-state index is 8.79. The van der Waals surface area contributed by atoms with Crippen LogP contribution in [-0.4, -0.2) is 10.2 Å². The van der Waals surface area contributed by atoms with Crippen molar-refractivity contribution in [1.82, 2.24) is 0 Å². The molecule has 4 aromatic rings. The van der Waals surface area contributed by atoms with Gasteiger partial charge in [0, 0.05) is 0 Å². The Bertz CT molecular complexity index is 771. The van der Waals surface area contributed by atoms with E-state index in [1.165, 1.54) is 11.1 Å². The minimum atomic E-state index is 0. The molecule has 5 heteroatoms. The molecule has 0 bridgehead atoms. The van der Waals surface area contributed by atoms with E-state index in [4.69, 9.17) is 33.4 Å². The fraction of sp³-hybridized carbons (Fsp3) is 0.0833. The van der Waals surface area contributed by atoms with Gasteiger partial charge in [0.15, 0.2) is 0 Å². The zero-order valence-corrected chi connectivity index (χ0v) is 20.4. The summed E-state index contributed by atoms with van der Waals surface area (Å²) < 4.78 is 0. The van der Waals surface area contributed by atoms with Gasteiger partial charge in [-0.05, 0) is 24.3 Å². The summed E-state index contributed by atoms with van der Waals surface area (Å²) in [6.07, 6.45) is 0. The number of phenolic OH excluding ortho intramolecular Hbond substituents is 2. The molecule has 0 heterocycles. The second-order valence-electron chi connectivity index (χ2n) is 5.83. The van der Waals surface area contributed by atoms with Crippen molar-refractivity contribution in [2.45, 2.75) is 13.8 Å². The molecule has 2 N–H and O–H groups in total. The first-order valence-electron chi connectivity index (χ1n) is 8.63. The van der Waals surface area contributed by atoms with Crippen molar-refractivity contribution in [3.05, 3.63) is 118 Å². The molecule has 0 saturated carbocycles. The third-order valence-electron chi connectivity index (χ3n) is 3.36. The molecule has 0 aliphatic heterocycles. The number of hydrogen-bond donors (Lipinski definition) is 2. The molecule has 2 nitrogen and oxygen atoms in total. The number of aryl methyl sites for hydroxylation is 2. The molecule has 0 aliphatic carbocycles. The van der Waals surface area contributed by atoms with Crippen molar-refractivity contribution >= 4 is 23.2 Å². The van der Waals surface area contributed by atoms with Crippen molar-refractivity contribution in [2.24, 2.45) is 0 Å². The summed E-state index contributed by atoms with van der Waals surface area (Å²) in [7, 11) is 0. The Kier molecular flexibility index (Phi) is 15.1. The molecule has 150 valence electrons.